The summed E-state index contributed by atoms with van der Waals surface area (Å²) in [6.07, 6.45) is 15.4. The molecule has 0 aliphatic carbocycles. The number of hydrogen-bond acceptors (Lipinski definition) is 3. The fourth-order valence-corrected chi connectivity index (χ4v) is 2.12. The van der Waals surface area contributed by atoms with Crippen LogP contribution >= 0.6 is 0 Å². The molecule has 0 rings (SSSR count). The van der Waals surface area contributed by atoms with E-state index in [1.165, 1.54) is 0 Å². The van der Waals surface area contributed by atoms with Crippen molar-refractivity contribution in [3.05, 3.63) is 24.3 Å². The van der Waals surface area contributed by atoms with E-state index < -0.39 is 18.2 Å². The molecular weight excluding hydrogens is 280 g/mol. The van der Waals surface area contributed by atoms with Crippen molar-refractivity contribution in [1.29, 1.82) is 0 Å². The molecule has 128 valence electrons. The van der Waals surface area contributed by atoms with Gasteiger partial charge in [0.25, 0.3) is 0 Å². The second kappa shape index (κ2) is 14.8. The molecule has 2 atom stereocenters. The van der Waals surface area contributed by atoms with Crippen LogP contribution in [-0.2, 0) is 4.79 Å². The smallest absolute Gasteiger partial charge is 0.303 e. The van der Waals surface area contributed by atoms with Gasteiger partial charge >= 0.3 is 5.97 Å². The van der Waals surface area contributed by atoms with Crippen LogP contribution in [0.5, 0.6) is 0 Å². The fourth-order valence-electron chi connectivity index (χ4n) is 2.12. The molecule has 0 radical (unpaired) electrons. The number of hydrogen-bond donors (Lipinski definition) is 3. The van der Waals surface area contributed by atoms with Crippen molar-refractivity contribution in [2.45, 2.75) is 83.3 Å². The standard InChI is InChI=1S/C18H32O4/c1-2-16(19)17(20)14-12-10-8-6-4-3-5-7-9-11-13-15-18(21)22/h4,6,10,12,16-17,19-20H,2-3,5,7-9,11,13-15H2,1H3,(H,21,22)/b6-4-,12-10-/t16-,17+/m0/s1. The highest BCUT2D eigenvalue weighted by Gasteiger charge is 2.11. The first-order valence-corrected chi connectivity index (χ1v) is 8.45. The topological polar surface area (TPSA) is 77.8 Å². The lowest BCUT2D eigenvalue weighted by molar-refractivity contribution is -0.137. The zero-order chi connectivity index (χ0) is 16.6. The highest BCUT2D eigenvalue weighted by molar-refractivity contribution is 5.66. The molecule has 4 heteroatoms. The van der Waals surface area contributed by atoms with Crippen molar-refractivity contribution in [3.8, 4) is 0 Å². The molecular formula is C18H32O4. The molecule has 0 amide bonds. The minimum atomic E-state index is -0.701. The summed E-state index contributed by atoms with van der Waals surface area (Å²) in [5.74, 6) is -0.701. The minimum absolute atomic E-state index is 0.288. The first kappa shape index (κ1) is 20.9. The molecule has 0 saturated heterocycles. The molecule has 0 aliphatic rings. The van der Waals surface area contributed by atoms with Crippen LogP contribution in [0.3, 0.4) is 0 Å². The molecule has 0 aromatic rings. The number of allylic oxidation sites excluding steroid dienone is 3. The number of carbonyl (C=O) groups is 1. The number of aliphatic hydroxyl groups excluding tert-OH is 2. The van der Waals surface area contributed by atoms with E-state index in [9.17, 15) is 15.0 Å². The molecule has 4 nitrogen and oxygen atoms in total. The largest absolute Gasteiger partial charge is 0.481 e. The van der Waals surface area contributed by atoms with Crippen LogP contribution in [0.2, 0.25) is 0 Å². The highest BCUT2D eigenvalue weighted by atomic mass is 16.4. The summed E-state index contributed by atoms with van der Waals surface area (Å²) < 4.78 is 0. The van der Waals surface area contributed by atoms with E-state index in [1.807, 2.05) is 19.1 Å². The van der Waals surface area contributed by atoms with Crippen LogP contribution < -0.4 is 0 Å². The Morgan fingerprint density at radius 2 is 1.55 bits per heavy atom. The lowest BCUT2D eigenvalue weighted by atomic mass is 10.1. The Bertz CT molecular complexity index is 323. The number of rotatable bonds is 14. The van der Waals surface area contributed by atoms with Gasteiger partial charge in [0.05, 0.1) is 12.2 Å². The molecule has 0 aromatic carbocycles. The van der Waals surface area contributed by atoms with Crippen molar-refractivity contribution < 1.29 is 20.1 Å². The maximum absolute atomic E-state index is 10.3. The number of aliphatic hydroxyl groups is 2. The van der Waals surface area contributed by atoms with Crippen LogP contribution in [0, 0.1) is 0 Å². The molecule has 0 aromatic heterocycles. The molecule has 0 spiro atoms. The molecule has 0 fully saturated rings. The van der Waals surface area contributed by atoms with Crippen LogP contribution in [0.4, 0.5) is 0 Å². The van der Waals surface area contributed by atoms with E-state index in [0.717, 1.165) is 44.9 Å². The van der Waals surface area contributed by atoms with E-state index in [1.54, 1.807) is 0 Å². The zero-order valence-corrected chi connectivity index (χ0v) is 13.8. The van der Waals surface area contributed by atoms with Crippen molar-refractivity contribution in [3.63, 3.8) is 0 Å². The molecule has 0 heterocycles. The van der Waals surface area contributed by atoms with Crippen LogP contribution in [0.1, 0.15) is 71.1 Å². The van der Waals surface area contributed by atoms with Crippen LogP contribution in [0.15, 0.2) is 24.3 Å². The first-order valence-electron chi connectivity index (χ1n) is 8.45. The van der Waals surface area contributed by atoms with Crippen LogP contribution in [0.25, 0.3) is 0 Å². The molecule has 0 saturated carbocycles. The Morgan fingerprint density at radius 3 is 2.23 bits per heavy atom. The third kappa shape index (κ3) is 13.8. The van der Waals surface area contributed by atoms with E-state index in [4.69, 9.17) is 5.11 Å². The number of carboxylic acid groups (broad SMARTS) is 1. The van der Waals surface area contributed by atoms with Gasteiger partial charge in [-0.3, -0.25) is 4.79 Å². The van der Waals surface area contributed by atoms with Gasteiger partial charge in [-0.15, -0.1) is 0 Å². The minimum Gasteiger partial charge on any atom is -0.481 e. The quantitative estimate of drug-likeness (QED) is 0.336. The van der Waals surface area contributed by atoms with E-state index in [0.29, 0.717) is 12.8 Å². The Morgan fingerprint density at radius 1 is 0.909 bits per heavy atom. The summed E-state index contributed by atoms with van der Waals surface area (Å²) in [6, 6.07) is 0. The summed E-state index contributed by atoms with van der Waals surface area (Å²) in [7, 11) is 0. The summed E-state index contributed by atoms with van der Waals surface area (Å²) in [5.41, 5.74) is 0. The highest BCUT2D eigenvalue weighted by Crippen LogP contribution is 2.08. The second-order valence-corrected chi connectivity index (χ2v) is 5.66. The molecule has 22 heavy (non-hydrogen) atoms. The number of carboxylic acids is 1. The number of aliphatic carboxylic acids is 1. The fraction of sp³-hybridized carbons (Fsp3) is 0.722. The van der Waals surface area contributed by atoms with Crippen molar-refractivity contribution in [1.82, 2.24) is 0 Å². The predicted molar refractivity (Wildman–Crippen MR) is 89.8 cm³/mol. The van der Waals surface area contributed by atoms with E-state index >= 15 is 0 Å². The first-order chi connectivity index (χ1) is 10.6. The van der Waals surface area contributed by atoms with Gasteiger partial charge in [-0.1, -0.05) is 50.5 Å². The Balaban J connectivity index is 3.39. The average molecular weight is 312 g/mol. The van der Waals surface area contributed by atoms with Gasteiger partial charge in [-0.2, -0.15) is 0 Å². The predicted octanol–water partition coefficient (Wildman–Crippen LogP) is 3.83. The maximum Gasteiger partial charge on any atom is 0.303 e. The Kier molecular flexibility index (Phi) is 14.0. The van der Waals surface area contributed by atoms with Crippen molar-refractivity contribution in [2.75, 3.05) is 0 Å². The van der Waals surface area contributed by atoms with E-state index in [-0.39, 0.29) is 6.42 Å². The summed E-state index contributed by atoms with van der Waals surface area (Å²) >= 11 is 0. The summed E-state index contributed by atoms with van der Waals surface area (Å²) in [4.78, 5) is 10.3. The van der Waals surface area contributed by atoms with Crippen molar-refractivity contribution >= 4 is 5.97 Å². The summed E-state index contributed by atoms with van der Waals surface area (Å²) in [6.45, 7) is 1.85. The van der Waals surface area contributed by atoms with Gasteiger partial charge in [-0.25, -0.2) is 0 Å². The lowest BCUT2D eigenvalue weighted by Crippen LogP contribution is -2.23. The van der Waals surface area contributed by atoms with Gasteiger partial charge in [0.1, 0.15) is 0 Å². The molecule has 0 aliphatic heterocycles. The Hall–Kier alpha value is -1.13. The molecule has 0 unspecified atom stereocenters. The Labute approximate surface area is 134 Å². The average Bonchev–Trinajstić information content (AvgIpc) is 2.50. The number of unbranched alkanes of at least 4 members (excludes halogenated alkanes) is 5. The zero-order valence-electron chi connectivity index (χ0n) is 13.8. The van der Waals surface area contributed by atoms with Gasteiger partial charge in [0.2, 0.25) is 0 Å². The van der Waals surface area contributed by atoms with Gasteiger partial charge < -0.3 is 15.3 Å². The van der Waals surface area contributed by atoms with Gasteiger partial charge in [0, 0.05) is 6.42 Å². The van der Waals surface area contributed by atoms with Gasteiger partial charge in [-0.05, 0) is 38.5 Å². The maximum atomic E-state index is 10.3. The molecule has 0 bridgehead atoms. The van der Waals surface area contributed by atoms with E-state index in [2.05, 4.69) is 12.2 Å². The summed E-state index contributed by atoms with van der Waals surface area (Å²) in [5, 5.41) is 27.5. The lowest BCUT2D eigenvalue weighted by Gasteiger charge is -2.13. The third-order valence-corrected chi connectivity index (χ3v) is 3.61. The molecule has 3 N–H and O–H groups in total. The van der Waals surface area contributed by atoms with Gasteiger partial charge in [0.15, 0.2) is 0 Å². The third-order valence-electron chi connectivity index (χ3n) is 3.61. The normalized spacial score (nSPS) is 14.7. The van der Waals surface area contributed by atoms with Crippen LogP contribution in [-0.4, -0.2) is 33.5 Å². The SMILES string of the molecule is CC[C@H](O)[C@H](O)C/C=C\C/C=C\CCCCCCCC(=O)O. The van der Waals surface area contributed by atoms with Crippen molar-refractivity contribution in [2.24, 2.45) is 0 Å². The second-order valence-electron chi connectivity index (χ2n) is 5.66. The monoisotopic (exact) mass is 312 g/mol.